The van der Waals surface area contributed by atoms with Crippen LogP contribution in [0.5, 0.6) is 5.75 Å². The molecule has 3 aromatic rings. The first kappa shape index (κ1) is 19.9. The van der Waals surface area contributed by atoms with Gasteiger partial charge < -0.3 is 14.1 Å². The van der Waals surface area contributed by atoms with Crippen LogP contribution in [-0.2, 0) is 12.0 Å². The summed E-state index contributed by atoms with van der Waals surface area (Å²) in [5.41, 5.74) is 1.82. The van der Waals surface area contributed by atoms with Gasteiger partial charge in [-0.05, 0) is 12.1 Å². The minimum absolute atomic E-state index is 0.0634. The van der Waals surface area contributed by atoms with Crippen LogP contribution in [0, 0.1) is 0 Å². The summed E-state index contributed by atoms with van der Waals surface area (Å²) < 4.78 is 11.2. The molecular formula is C22H27N3O3S. The first-order valence-electron chi connectivity index (χ1n) is 9.88. The summed E-state index contributed by atoms with van der Waals surface area (Å²) >= 11 is 1.73. The van der Waals surface area contributed by atoms with Crippen LogP contribution in [0.3, 0.4) is 0 Å². The summed E-state index contributed by atoms with van der Waals surface area (Å²) in [7, 11) is 1.60. The lowest BCUT2D eigenvalue weighted by Crippen LogP contribution is -2.48. The molecule has 4 rings (SSSR count). The van der Waals surface area contributed by atoms with Crippen molar-refractivity contribution >= 4 is 28.2 Å². The second-order valence-corrected chi connectivity index (χ2v) is 9.31. The number of furan rings is 1. The lowest BCUT2D eigenvalue weighted by atomic mass is 9.98. The van der Waals surface area contributed by atoms with E-state index in [0.29, 0.717) is 30.2 Å². The molecule has 3 heterocycles. The monoisotopic (exact) mass is 413 g/mol. The molecule has 29 heavy (non-hydrogen) atoms. The number of benzene rings is 1. The number of ether oxygens (including phenoxy) is 1. The molecule has 1 aliphatic heterocycles. The third kappa shape index (κ3) is 4.16. The standard InChI is InChI=1S/C22H27N3O3S/c1-22(2,3)21-23-16(14-29-21)13-24-8-10-25(11-9-24)20(26)18-12-15-6-5-7-17(27-4)19(15)28-18/h5-7,12,14H,8-11,13H2,1-4H3. The fraction of sp³-hybridized carbons (Fsp3) is 0.455. The highest BCUT2D eigenvalue weighted by Gasteiger charge is 2.26. The van der Waals surface area contributed by atoms with Gasteiger partial charge in [-0.3, -0.25) is 9.69 Å². The number of aromatic nitrogens is 1. The predicted molar refractivity (Wildman–Crippen MR) is 115 cm³/mol. The number of para-hydroxylation sites is 1. The molecule has 0 unspecified atom stereocenters. The molecule has 1 aromatic carbocycles. The number of carbonyl (C=O) groups is 1. The second kappa shape index (κ2) is 7.80. The molecule has 2 aromatic heterocycles. The van der Waals surface area contributed by atoms with Crippen molar-refractivity contribution in [2.75, 3.05) is 33.3 Å². The first-order chi connectivity index (χ1) is 13.8. The molecular weight excluding hydrogens is 386 g/mol. The maximum atomic E-state index is 12.9. The van der Waals surface area contributed by atoms with Gasteiger partial charge in [0.25, 0.3) is 5.91 Å². The number of hydrogen-bond donors (Lipinski definition) is 0. The van der Waals surface area contributed by atoms with Gasteiger partial charge in [-0.2, -0.15) is 0 Å². The van der Waals surface area contributed by atoms with Crippen molar-refractivity contribution in [3.05, 3.63) is 46.1 Å². The summed E-state index contributed by atoms with van der Waals surface area (Å²) in [6.45, 7) is 10.4. The highest BCUT2D eigenvalue weighted by atomic mass is 32.1. The van der Waals surface area contributed by atoms with Crippen LogP contribution in [0.15, 0.2) is 34.1 Å². The number of piperazine rings is 1. The number of amides is 1. The van der Waals surface area contributed by atoms with Crippen LogP contribution in [0.4, 0.5) is 0 Å². The Balaban J connectivity index is 1.38. The minimum atomic E-state index is -0.0634. The van der Waals surface area contributed by atoms with Crippen molar-refractivity contribution < 1.29 is 13.9 Å². The van der Waals surface area contributed by atoms with Crippen molar-refractivity contribution in [2.45, 2.75) is 32.7 Å². The Morgan fingerprint density at radius 1 is 1.24 bits per heavy atom. The normalized spacial score (nSPS) is 15.8. The van der Waals surface area contributed by atoms with Crippen LogP contribution in [0.2, 0.25) is 0 Å². The van der Waals surface area contributed by atoms with E-state index in [1.54, 1.807) is 24.5 Å². The molecule has 0 bridgehead atoms. The molecule has 1 saturated heterocycles. The Hall–Kier alpha value is -2.38. The van der Waals surface area contributed by atoms with E-state index in [1.165, 1.54) is 5.01 Å². The van der Waals surface area contributed by atoms with Gasteiger partial charge in [0.2, 0.25) is 0 Å². The maximum Gasteiger partial charge on any atom is 0.289 e. The zero-order valence-electron chi connectivity index (χ0n) is 17.4. The first-order valence-corrected chi connectivity index (χ1v) is 10.8. The molecule has 0 atom stereocenters. The van der Waals surface area contributed by atoms with Gasteiger partial charge in [-0.15, -0.1) is 11.3 Å². The van der Waals surface area contributed by atoms with E-state index in [0.717, 1.165) is 30.7 Å². The zero-order valence-corrected chi connectivity index (χ0v) is 18.2. The Bertz CT molecular complexity index is 1010. The summed E-state index contributed by atoms with van der Waals surface area (Å²) in [4.78, 5) is 21.9. The molecule has 0 N–H and O–H groups in total. The third-order valence-corrected chi connectivity index (χ3v) is 6.49. The van der Waals surface area contributed by atoms with Crippen molar-refractivity contribution in [3.63, 3.8) is 0 Å². The molecule has 0 radical (unpaired) electrons. The summed E-state index contributed by atoms with van der Waals surface area (Å²) in [5, 5.41) is 4.20. The fourth-order valence-electron chi connectivity index (χ4n) is 3.52. The van der Waals surface area contributed by atoms with Gasteiger partial charge in [0.15, 0.2) is 17.1 Å². The molecule has 0 spiro atoms. The Morgan fingerprint density at radius 3 is 2.66 bits per heavy atom. The Labute approximate surface area is 175 Å². The molecule has 1 amide bonds. The largest absolute Gasteiger partial charge is 0.493 e. The second-order valence-electron chi connectivity index (χ2n) is 8.45. The van der Waals surface area contributed by atoms with Gasteiger partial charge >= 0.3 is 0 Å². The molecule has 1 aliphatic rings. The number of rotatable bonds is 4. The Kier molecular flexibility index (Phi) is 5.36. The van der Waals surface area contributed by atoms with E-state index in [2.05, 4.69) is 31.1 Å². The zero-order chi connectivity index (χ0) is 20.6. The summed E-state index contributed by atoms with van der Waals surface area (Å²) in [5.74, 6) is 0.947. The molecule has 6 nitrogen and oxygen atoms in total. The number of hydrogen-bond acceptors (Lipinski definition) is 6. The van der Waals surface area contributed by atoms with Gasteiger partial charge in [-0.1, -0.05) is 32.9 Å². The summed E-state index contributed by atoms with van der Waals surface area (Å²) in [6, 6.07) is 7.46. The van der Waals surface area contributed by atoms with Crippen molar-refractivity contribution in [1.29, 1.82) is 0 Å². The van der Waals surface area contributed by atoms with Gasteiger partial charge in [-0.25, -0.2) is 4.98 Å². The lowest BCUT2D eigenvalue weighted by Gasteiger charge is -2.33. The fourth-order valence-corrected chi connectivity index (χ4v) is 4.42. The number of nitrogens with zero attached hydrogens (tertiary/aromatic N) is 3. The van der Waals surface area contributed by atoms with Crippen molar-refractivity contribution in [1.82, 2.24) is 14.8 Å². The molecule has 0 saturated carbocycles. The number of carbonyl (C=O) groups excluding carboxylic acids is 1. The van der Waals surface area contributed by atoms with Crippen LogP contribution in [0.25, 0.3) is 11.0 Å². The number of thiazole rings is 1. The smallest absolute Gasteiger partial charge is 0.289 e. The van der Waals surface area contributed by atoms with Gasteiger partial charge in [0, 0.05) is 48.9 Å². The SMILES string of the molecule is COc1cccc2cc(C(=O)N3CCN(Cc4csc(C(C)(C)C)n4)CC3)oc12. The minimum Gasteiger partial charge on any atom is -0.493 e. The molecule has 7 heteroatoms. The predicted octanol–water partition coefficient (Wildman–Crippen LogP) is 4.15. The molecule has 1 fully saturated rings. The topological polar surface area (TPSA) is 58.8 Å². The lowest BCUT2D eigenvalue weighted by molar-refractivity contribution is 0.0598. The summed E-state index contributed by atoms with van der Waals surface area (Å²) in [6.07, 6.45) is 0. The van der Waals surface area contributed by atoms with E-state index in [1.807, 2.05) is 23.1 Å². The number of fused-ring (bicyclic) bond motifs is 1. The van der Waals surface area contributed by atoms with Gasteiger partial charge in [0.1, 0.15) is 0 Å². The maximum absolute atomic E-state index is 12.9. The highest BCUT2D eigenvalue weighted by Crippen LogP contribution is 2.29. The van der Waals surface area contributed by atoms with E-state index in [4.69, 9.17) is 14.1 Å². The number of methoxy groups -OCH3 is 1. The van der Waals surface area contributed by atoms with E-state index in [-0.39, 0.29) is 11.3 Å². The Morgan fingerprint density at radius 2 is 2.00 bits per heavy atom. The quantitative estimate of drug-likeness (QED) is 0.643. The van der Waals surface area contributed by atoms with Crippen LogP contribution < -0.4 is 4.74 Å². The average Bonchev–Trinajstić information content (AvgIpc) is 3.34. The van der Waals surface area contributed by atoms with Crippen LogP contribution in [-0.4, -0.2) is 54.0 Å². The van der Waals surface area contributed by atoms with Gasteiger partial charge in [0.05, 0.1) is 17.8 Å². The highest BCUT2D eigenvalue weighted by molar-refractivity contribution is 7.09. The van der Waals surface area contributed by atoms with Crippen LogP contribution >= 0.6 is 11.3 Å². The average molecular weight is 414 g/mol. The van der Waals surface area contributed by atoms with E-state index >= 15 is 0 Å². The molecule has 0 aliphatic carbocycles. The third-order valence-electron chi connectivity index (χ3n) is 5.18. The van der Waals surface area contributed by atoms with Crippen LogP contribution in [0.1, 0.15) is 42.0 Å². The van der Waals surface area contributed by atoms with E-state index < -0.39 is 0 Å². The van der Waals surface area contributed by atoms with E-state index in [9.17, 15) is 4.79 Å². The van der Waals surface area contributed by atoms with Crippen molar-refractivity contribution in [2.24, 2.45) is 0 Å². The van der Waals surface area contributed by atoms with Crippen molar-refractivity contribution in [3.8, 4) is 5.75 Å². The molecule has 154 valence electrons.